The SMILES string of the molecule is CS(=O)(=O)N1CCN(C(=O)[C@@H]2CSC[NH2+]2)[C@@H](C(=O)N[C@H]2CCCNC2=O)C1. The average molecular weight is 421 g/mol. The van der Waals surface area contributed by atoms with Crippen LogP contribution in [-0.4, -0.2) is 97.5 Å². The average Bonchev–Trinajstić information content (AvgIpc) is 3.16. The van der Waals surface area contributed by atoms with Gasteiger partial charge in [-0.15, -0.1) is 0 Å². The van der Waals surface area contributed by atoms with Crippen LogP contribution in [0.15, 0.2) is 0 Å². The lowest BCUT2D eigenvalue weighted by Gasteiger charge is -2.40. The number of nitrogens with one attached hydrogen (secondary N) is 2. The summed E-state index contributed by atoms with van der Waals surface area (Å²) in [7, 11) is -3.48. The summed E-state index contributed by atoms with van der Waals surface area (Å²) in [4.78, 5) is 39.2. The summed E-state index contributed by atoms with van der Waals surface area (Å²) >= 11 is 1.65. The fourth-order valence-electron chi connectivity index (χ4n) is 3.56. The number of nitrogens with zero attached hydrogens (tertiary/aromatic N) is 2. The minimum atomic E-state index is -3.48. The van der Waals surface area contributed by atoms with E-state index in [2.05, 4.69) is 10.6 Å². The molecule has 3 atom stereocenters. The quantitative estimate of drug-likeness (QED) is 0.432. The molecule has 4 N–H and O–H groups in total. The Bertz CT molecular complexity index is 709. The van der Waals surface area contributed by atoms with E-state index in [4.69, 9.17) is 0 Å². The van der Waals surface area contributed by atoms with Crippen LogP contribution in [0.4, 0.5) is 0 Å². The van der Waals surface area contributed by atoms with Crippen LogP contribution in [0.1, 0.15) is 12.8 Å². The smallest absolute Gasteiger partial charge is 0.282 e. The first-order chi connectivity index (χ1) is 12.8. The monoisotopic (exact) mass is 420 g/mol. The number of piperazine rings is 1. The van der Waals surface area contributed by atoms with Gasteiger partial charge < -0.3 is 20.9 Å². The molecular formula is C15H26N5O5S2+. The van der Waals surface area contributed by atoms with Gasteiger partial charge in [0.05, 0.1) is 12.0 Å². The highest BCUT2D eigenvalue weighted by Crippen LogP contribution is 2.17. The normalized spacial score (nSPS) is 30.0. The maximum absolute atomic E-state index is 12.9. The lowest BCUT2D eigenvalue weighted by molar-refractivity contribution is -0.649. The lowest BCUT2D eigenvalue weighted by atomic mass is 10.1. The van der Waals surface area contributed by atoms with Gasteiger partial charge in [0, 0.05) is 26.2 Å². The number of carbonyl (C=O) groups is 3. The first kappa shape index (κ1) is 20.4. The summed E-state index contributed by atoms with van der Waals surface area (Å²) in [6.45, 7) is 0.814. The zero-order valence-electron chi connectivity index (χ0n) is 15.2. The van der Waals surface area contributed by atoms with Crippen LogP contribution in [0.25, 0.3) is 0 Å². The van der Waals surface area contributed by atoms with Gasteiger partial charge in [0.15, 0.2) is 6.04 Å². The topological polar surface area (TPSA) is 132 Å². The van der Waals surface area contributed by atoms with Crippen molar-refractivity contribution in [2.75, 3.05) is 44.1 Å². The van der Waals surface area contributed by atoms with Gasteiger partial charge in [-0.3, -0.25) is 14.4 Å². The molecule has 3 rings (SSSR count). The van der Waals surface area contributed by atoms with Gasteiger partial charge in [-0.1, -0.05) is 11.8 Å². The number of hydrogen-bond donors (Lipinski definition) is 3. The second-order valence-electron chi connectivity index (χ2n) is 7.04. The Labute approximate surface area is 162 Å². The third-order valence-corrected chi connectivity index (χ3v) is 7.41. The van der Waals surface area contributed by atoms with E-state index in [1.54, 1.807) is 11.8 Å². The summed E-state index contributed by atoms with van der Waals surface area (Å²) in [5, 5.41) is 7.34. The maximum Gasteiger partial charge on any atom is 0.282 e. The highest BCUT2D eigenvalue weighted by Gasteiger charge is 2.43. The largest absolute Gasteiger partial charge is 0.354 e. The van der Waals surface area contributed by atoms with E-state index < -0.39 is 28.0 Å². The summed E-state index contributed by atoms with van der Waals surface area (Å²) in [5.41, 5.74) is 0. The minimum absolute atomic E-state index is 0.0927. The van der Waals surface area contributed by atoms with E-state index in [0.29, 0.717) is 18.7 Å². The van der Waals surface area contributed by atoms with E-state index in [-0.39, 0.29) is 37.5 Å². The number of sulfonamides is 1. The van der Waals surface area contributed by atoms with E-state index in [1.807, 2.05) is 5.32 Å². The molecular weight excluding hydrogens is 394 g/mol. The van der Waals surface area contributed by atoms with E-state index in [0.717, 1.165) is 18.6 Å². The van der Waals surface area contributed by atoms with Crippen molar-refractivity contribution in [3.05, 3.63) is 0 Å². The highest BCUT2D eigenvalue weighted by molar-refractivity contribution is 7.99. The van der Waals surface area contributed by atoms with Gasteiger partial charge in [-0.25, -0.2) is 8.42 Å². The summed E-state index contributed by atoms with van der Waals surface area (Å²) < 4.78 is 25.1. The van der Waals surface area contributed by atoms with Gasteiger partial charge in [-0.2, -0.15) is 4.31 Å². The number of carbonyl (C=O) groups excluding carboxylic acids is 3. The van der Waals surface area contributed by atoms with E-state index in [1.165, 1.54) is 9.21 Å². The van der Waals surface area contributed by atoms with Crippen molar-refractivity contribution in [1.82, 2.24) is 19.8 Å². The molecule has 0 saturated carbocycles. The molecule has 3 aliphatic rings. The molecule has 27 heavy (non-hydrogen) atoms. The maximum atomic E-state index is 12.9. The molecule has 3 amide bonds. The van der Waals surface area contributed by atoms with Crippen molar-refractivity contribution >= 4 is 39.5 Å². The Hall–Kier alpha value is -1.37. The Morgan fingerprint density at radius 3 is 2.74 bits per heavy atom. The first-order valence-electron chi connectivity index (χ1n) is 9.02. The molecule has 152 valence electrons. The van der Waals surface area contributed by atoms with Crippen LogP contribution in [0.2, 0.25) is 0 Å². The Morgan fingerprint density at radius 1 is 1.33 bits per heavy atom. The molecule has 3 fully saturated rings. The number of hydrogen-bond acceptors (Lipinski definition) is 6. The van der Waals surface area contributed by atoms with Crippen molar-refractivity contribution < 1.29 is 28.1 Å². The molecule has 0 aromatic rings. The van der Waals surface area contributed by atoms with E-state index >= 15 is 0 Å². The number of amides is 3. The van der Waals surface area contributed by atoms with E-state index in [9.17, 15) is 22.8 Å². The minimum Gasteiger partial charge on any atom is -0.354 e. The molecule has 0 radical (unpaired) electrons. The number of piperidine rings is 1. The van der Waals surface area contributed by atoms with Gasteiger partial charge in [0.25, 0.3) is 5.91 Å². The molecule has 0 aromatic heterocycles. The fraction of sp³-hybridized carbons (Fsp3) is 0.800. The Morgan fingerprint density at radius 2 is 2.11 bits per heavy atom. The zero-order valence-corrected chi connectivity index (χ0v) is 16.9. The third kappa shape index (κ3) is 4.73. The molecule has 0 aliphatic carbocycles. The summed E-state index contributed by atoms with van der Waals surface area (Å²) in [6, 6.07) is -1.84. The lowest BCUT2D eigenvalue weighted by Crippen LogP contribution is -2.90. The van der Waals surface area contributed by atoms with Gasteiger partial charge in [0.2, 0.25) is 21.8 Å². The van der Waals surface area contributed by atoms with Crippen LogP contribution in [-0.2, 0) is 24.4 Å². The number of quaternary nitrogens is 1. The zero-order chi connectivity index (χ0) is 19.6. The van der Waals surface area contributed by atoms with Crippen LogP contribution in [0.3, 0.4) is 0 Å². The van der Waals surface area contributed by atoms with Gasteiger partial charge in [0.1, 0.15) is 18.0 Å². The van der Waals surface area contributed by atoms with Crippen LogP contribution in [0, 0.1) is 0 Å². The van der Waals surface area contributed by atoms with Crippen molar-refractivity contribution in [3.8, 4) is 0 Å². The van der Waals surface area contributed by atoms with Gasteiger partial charge >= 0.3 is 0 Å². The van der Waals surface area contributed by atoms with Crippen molar-refractivity contribution in [2.45, 2.75) is 31.0 Å². The standard InChI is InChI=1S/C15H25N5O5S2/c1-27(24,25)19-5-6-20(15(23)11-8-26-9-17-11)12(7-19)14(22)18-10-3-2-4-16-13(10)21/h10-12,17H,2-9H2,1H3,(H,16,21)(H,18,22)/p+1/t10-,11-,12+/m0/s1. The fourth-order valence-corrected chi connectivity index (χ4v) is 5.42. The van der Waals surface area contributed by atoms with Crippen LogP contribution in [0.5, 0.6) is 0 Å². The van der Waals surface area contributed by atoms with Crippen molar-refractivity contribution in [1.29, 1.82) is 0 Å². The van der Waals surface area contributed by atoms with Crippen LogP contribution >= 0.6 is 11.8 Å². The molecule has 3 aliphatic heterocycles. The molecule has 3 heterocycles. The number of thioether (sulfide) groups is 1. The number of nitrogens with two attached hydrogens (primary N) is 1. The Balaban J connectivity index is 1.76. The molecule has 0 spiro atoms. The van der Waals surface area contributed by atoms with Gasteiger partial charge in [-0.05, 0) is 12.8 Å². The second kappa shape index (κ2) is 8.33. The third-order valence-electron chi connectivity index (χ3n) is 5.11. The molecule has 3 saturated heterocycles. The van der Waals surface area contributed by atoms with Crippen LogP contribution < -0.4 is 16.0 Å². The number of rotatable bonds is 4. The first-order valence-corrected chi connectivity index (χ1v) is 12.0. The highest BCUT2D eigenvalue weighted by atomic mass is 32.2. The molecule has 0 bridgehead atoms. The van der Waals surface area contributed by atoms with Crippen molar-refractivity contribution in [2.24, 2.45) is 0 Å². The molecule has 10 nitrogen and oxygen atoms in total. The van der Waals surface area contributed by atoms with Crippen molar-refractivity contribution in [3.63, 3.8) is 0 Å². The molecule has 12 heteroatoms. The molecule has 0 aromatic carbocycles. The predicted octanol–water partition coefficient (Wildman–Crippen LogP) is -3.51. The molecule has 0 unspecified atom stereocenters. The summed E-state index contributed by atoms with van der Waals surface area (Å²) in [5.74, 6) is 0.582. The summed E-state index contributed by atoms with van der Waals surface area (Å²) in [6.07, 6.45) is 2.38. The Kier molecular flexibility index (Phi) is 6.28. The second-order valence-corrected chi connectivity index (χ2v) is 10.1. The predicted molar refractivity (Wildman–Crippen MR) is 99.1 cm³/mol.